The lowest BCUT2D eigenvalue weighted by Crippen LogP contribution is -2.25. The average molecular weight is 259 g/mol. The summed E-state index contributed by atoms with van der Waals surface area (Å²) < 4.78 is 5.70. The molecule has 102 valence electrons. The minimum absolute atomic E-state index is 0.430. The molecule has 0 spiro atoms. The molecule has 0 amide bonds. The summed E-state index contributed by atoms with van der Waals surface area (Å²) in [5.74, 6) is 0. The van der Waals surface area contributed by atoms with Gasteiger partial charge in [-0.05, 0) is 36.8 Å². The first-order valence-electron chi connectivity index (χ1n) is 7.11. The summed E-state index contributed by atoms with van der Waals surface area (Å²) in [6, 6.07) is 6.17. The molecule has 3 rings (SSSR count). The number of rotatable bonds is 4. The number of anilines is 2. The van der Waals surface area contributed by atoms with Crippen LogP contribution in [-0.2, 0) is 0 Å². The molecule has 0 aliphatic heterocycles. The molecule has 1 aromatic heterocycles. The lowest BCUT2D eigenvalue weighted by molar-refractivity contribution is 0.304. The number of hydrogen-bond donors (Lipinski definition) is 2. The Hall–Kier alpha value is -1.71. The second-order valence-electron chi connectivity index (χ2n) is 5.66. The molecule has 4 nitrogen and oxygen atoms in total. The van der Waals surface area contributed by atoms with E-state index in [0.29, 0.717) is 17.1 Å². The van der Waals surface area contributed by atoms with Gasteiger partial charge in [0.25, 0.3) is 6.01 Å². The van der Waals surface area contributed by atoms with Crippen molar-refractivity contribution in [2.24, 2.45) is 5.41 Å². The van der Waals surface area contributed by atoms with Crippen LogP contribution in [0.2, 0.25) is 0 Å². The van der Waals surface area contributed by atoms with E-state index in [2.05, 4.69) is 17.2 Å². The van der Waals surface area contributed by atoms with Gasteiger partial charge in [-0.3, -0.25) is 0 Å². The van der Waals surface area contributed by atoms with Gasteiger partial charge in [0.2, 0.25) is 0 Å². The third-order valence-corrected chi connectivity index (χ3v) is 4.44. The van der Waals surface area contributed by atoms with Crippen molar-refractivity contribution in [3.8, 4) is 0 Å². The van der Waals surface area contributed by atoms with E-state index in [9.17, 15) is 0 Å². The first-order valence-corrected chi connectivity index (χ1v) is 7.11. The summed E-state index contributed by atoms with van der Waals surface area (Å²) >= 11 is 0. The van der Waals surface area contributed by atoms with Gasteiger partial charge in [-0.2, -0.15) is 4.98 Å². The number of hydrogen-bond acceptors (Lipinski definition) is 4. The standard InChI is InChI=1S/C15H21N3O/c1-2-15(7-3-4-8-15)10-17-14-18-12-6-5-11(16)9-13(12)19-14/h5-6,9H,2-4,7-8,10,16H2,1H3,(H,17,18). The lowest BCUT2D eigenvalue weighted by atomic mass is 9.83. The van der Waals surface area contributed by atoms with Gasteiger partial charge < -0.3 is 15.5 Å². The zero-order chi connectivity index (χ0) is 13.3. The van der Waals surface area contributed by atoms with Crippen molar-refractivity contribution in [3.63, 3.8) is 0 Å². The molecule has 1 aliphatic carbocycles. The summed E-state index contributed by atoms with van der Waals surface area (Å²) in [6.07, 6.45) is 6.53. The predicted octanol–water partition coefficient (Wildman–Crippen LogP) is 3.79. The molecule has 1 heterocycles. The molecule has 0 radical (unpaired) electrons. The van der Waals surface area contributed by atoms with Gasteiger partial charge in [0.05, 0.1) is 0 Å². The van der Waals surface area contributed by atoms with Gasteiger partial charge >= 0.3 is 0 Å². The van der Waals surface area contributed by atoms with Gasteiger partial charge in [-0.25, -0.2) is 0 Å². The highest BCUT2D eigenvalue weighted by molar-refractivity contribution is 5.78. The number of benzene rings is 1. The highest BCUT2D eigenvalue weighted by Crippen LogP contribution is 2.41. The zero-order valence-corrected chi connectivity index (χ0v) is 11.4. The van der Waals surface area contributed by atoms with Crippen LogP contribution in [0.3, 0.4) is 0 Å². The highest BCUT2D eigenvalue weighted by Gasteiger charge is 2.32. The Labute approximate surface area is 113 Å². The van der Waals surface area contributed by atoms with Crippen LogP contribution in [0.1, 0.15) is 39.0 Å². The van der Waals surface area contributed by atoms with E-state index in [-0.39, 0.29) is 0 Å². The third kappa shape index (κ3) is 2.39. The Morgan fingerprint density at radius 3 is 2.89 bits per heavy atom. The van der Waals surface area contributed by atoms with Crippen LogP contribution in [-0.4, -0.2) is 11.5 Å². The molecular formula is C15H21N3O. The first-order chi connectivity index (χ1) is 9.21. The summed E-state index contributed by atoms with van der Waals surface area (Å²) in [7, 11) is 0. The second kappa shape index (κ2) is 4.76. The topological polar surface area (TPSA) is 64.1 Å². The number of nitrogens with two attached hydrogens (primary N) is 1. The monoisotopic (exact) mass is 259 g/mol. The molecule has 0 atom stereocenters. The summed E-state index contributed by atoms with van der Waals surface area (Å²) in [4.78, 5) is 4.45. The van der Waals surface area contributed by atoms with Crippen LogP contribution in [0.25, 0.3) is 11.1 Å². The van der Waals surface area contributed by atoms with E-state index in [1.165, 1.54) is 32.1 Å². The molecule has 2 aromatic rings. The zero-order valence-electron chi connectivity index (χ0n) is 11.4. The number of nitrogen functional groups attached to an aromatic ring is 1. The molecule has 4 heteroatoms. The Morgan fingerprint density at radius 1 is 1.37 bits per heavy atom. The SMILES string of the molecule is CCC1(CNc2nc3ccc(N)cc3o2)CCCC1. The van der Waals surface area contributed by atoms with Crippen molar-refractivity contribution < 1.29 is 4.42 Å². The van der Waals surface area contributed by atoms with Crippen molar-refractivity contribution in [3.05, 3.63) is 18.2 Å². The van der Waals surface area contributed by atoms with Crippen LogP contribution in [0.4, 0.5) is 11.7 Å². The van der Waals surface area contributed by atoms with Crippen LogP contribution in [0.5, 0.6) is 0 Å². The van der Waals surface area contributed by atoms with Crippen molar-refractivity contribution in [2.45, 2.75) is 39.0 Å². The maximum absolute atomic E-state index is 5.74. The number of nitrogens with zero attached hydrogens (tertiary/aromatic N) is 1. The maximum Gasteiger partial charge on any atom is 0.295 e. The van der Waals surface area contributed by atoms with Crippen LogP contribution in [0, 0.1) is 5.41 Å². The minimum Gasteiger partial charge on any atom is -0.423 e. The molecule has 0 unspecified atom stereocenters. The fourth-order valence-electron chi connectivity index (χ4n) is 3.06. The molecular weight excluding hydrogens is 238 g/mol. The quantitative estimate of drug-likeness (QED) is 0.820. The molecule has 1 aliphatic rings. The normalized spacial score (nSPS) is 17.9. The first kappa shape index (κ1) is 12.3. The highest BCUT2D eigenvalue weighted by atomic mass is 16.4. The average Bonchev–Trinajstić information content (AvgIpc) is 3.02. The molecule has 0 saturated heterocycles. The number of fused-ring (bicyclic) bond motifs is 1. The van der Waals surface area contributed by atoms with Gasteiger partial charge in [0, 0.05) is 18.3 Å². The Balaban J connectivity index is 1.74. The van der Waals surface area contributed by atoms with Crippen molar-refractivity contribution in [1.29, 1.82) is 0 Å². The van der Waals surface area contributed by atoms with Crippen molar-refractivity contribution >= 4 is 22.8 Å². The smallest absolute Gasteiger partial charge is 0.295 e. The number of nitrogens with one attached hydrogen (secondary N) is 1. The Bertz CT molecular complexity index is 570. The van der Waals surface area contributed by atoms with Gasteiger partial charge in [-0.15, -0.1) is 0 Å². The van der Waals surface area contributed by atoms with E-state index >= 15 is 0 Å². The number of oxazole rings is 1. The van der Waals surface area contributed by atoms with E-state index in [0.717, 1.165) is 17.6 Å². The fraction of sp³-hybridized carbons (Fsp3) is 0.533. The van der Waals surface area contributed by atoms with E-state index in [1.807, 2.05) is 18.2 Å². The number of aromatic nitrogens is 1. The summed E-state index contributed by atoms with van der Waals surface area (Å²) in [6.45, 7) is 3.23. The molecule has 1 aromatic carbocycles. The van der Waals surface area contributed by atoms with E-state index < -0.39 is 0 Å². The van der Waals surface area contributed by atoms with Gasteiger partial charge in [0.15, 0.2) is 5.58 Å². The third-order valence-electron chi connectivity index (χ3n) is 4.44. The second-order valence-corrected chi connectivity index (χ2v) is 5.66. The lowest BCUT2D eigenvalue weighted by Gasteiger charge is -2.27. The largest absolute Gasteiger partial charge is 0.423 e. The summed E-state index contributed by atoms with van der Waals surface area (Å²) in [5, 5.41) is 3.37. The minimum atomic E-state index is 0.430. The molecule has 0 bridgehead atoms. The van der Waals surface area contributed by atoms with Crippen LogP contribution < -0.4 is 11.1 Å². The summed E-state index contributed by atoms with van der Waals surface area (Å²) in [5.41, 5.74) is 8.48. The van der Waals surface area contributed by atoms with Gasteiger partial charge in [0.1, 0.15) is 5.52 Å². The van der Waals surface area contributed by atoms with Gasteiger partial charge in [-0.1, -0.05) is 19.8 Å². The fourth-order valence-corrected chi connectivity index (χ4v) is 3.06. The molecule has 1 saturated carbocycles. The van der Waals surface area contributed by atoms with E-state index in [1.54, 1.807) is 0 Å². The maximum atomic E-state index is 5.74. The Morgan fingerprint density at radius 2 is 2.16 bits per heavy atom. The molecule has 19 heavy (non-hydrogen) atoms. The molecule has 1 fully saturated rings. The van der Waals surface area contributed by atoms with Crippen molar-refractivity contribution in [2.75, 3.05) is 17.6 Å². The Kier molecular flexibility index (Phi) is 3.09. The van der Waals surface area contributed by atoms with Crippen LogP contribution in [0.15, 0.2) is 22.6 Å². The van der Waals surface area contributed by atoms with Crippen LogP contribution >= 0.6 is 0 Å². The van der Waals surface area contributed by atoms with E-state index in [4.69, 9.17) is 10.2 Å². The van der Waals surface area contributed by atoms with Crippen molar-refractivity contribution in [1.82, 2.24) is 4.98 Å². The molecule has 3 N–H and O–H groups in total. The predicted molar refractivity (Wildman–Crippen MR) is 78.1 cm³/mol.